The topological polar surface area (TPSA) is 94.6 Å². The van der Waals surface area contributed by atoms with Gasteiger partial charge in [-0.2, -0.15) is 4.39 Å². The lowest BCUT2D eigenvalue weighted by Gasteiger charge is -2.06. The van der Waals surface area contributed by atoms with Crippen LogP contribution in [0.15, 0.2) is 34.9 Å². The number of anilines is 1. The molecule has 0 atom stereocenters. The van der Waals surface area contributed by atoms with Gasteiger partial charge in [0.2, 0.25) is 11.6 Å². The van der Waals surface area contributed by atoms with Gasteiger partial charge in [-0.15, -0.1) is 0 Å². The summed E-state index contributed by atoms with van der Waals surface area (Å²) in [6, 6.07) is 5.00. The summed E-state index contributed by atoms with van der Waals surface area (Å²) in [6.07, 6.45) is 1.33. The van der Waals surface area contributed by atoms with E-state index in [0.29, 0.717) is 11.3 Å². The number of halogens is 1. The van der Waals surface area contributed by atoms with E-state index >= 15 is 0 Å². The fraction of sp³-hybridized carbons (Fsp3) is 0.154. The maximum atomic E-state index is 13.2. The highest BCUT2D eigenvalue weighted by Gasteiger charge is 2.17. The van der Waals surface area contributed by atoms with Gasteiger partial charge in [0.15, 0.2) is 0 Å². The third-order valence-electron chi connectivity index (χ3n) is 2.74. The highest BCUT2D eigenvalue weighted by Crippen LogP contribution is 2.22. The van der Waals surface area contributed by atoms with Crippen LogP contribution in [-0.4, -0.2) is 18.0 Å². The number of hydrogen-bond acceptors (Lipinski definition) is 6. The van der Waals surface area contributed by atoms with Crippen molar-refractivity contribution in [2.75, 3.05) is 12.4 Å². The summed E-state index contributed by atoms with van der Waals surface area (Å²) >= 11 is 0. The van der Waals surface area contributed by atoms with Gasteiger partial charge in [-0.1, -0.05) is 0 Å². The van der Waals surface area contributed by atoms with Gasteiger partial charge in [-0.3, -0.25) is 10.1 Å². The number of nitro benzene ring substituents is 1. The Hall–Kier alpha value is -2.90. The van der Waals surface area contributed by atoms with Crippen molar-refractivity contribution in [3.63, 3.8) is 0 Å². The molecule has 1 N–H and O–H groups in total. The molecule has 110 valence electrons. The predicted molar refractivity (Wildman–Crippen MR) is 70.4 cm³/mol. The lowest BCUT2D eigenvalue weighted by atomic mass is 10.2. The molecule has 1 heterocycles. The van der Waals surface area contributed by atoms with Gasteiger partial charge in [-0.25, -0.2) is 4.79 Å². The largest absolute Gasteiger partial charge is 0.463 e. The smallest absolute Gasteiger partial charge is 0.374 e. The van der Waals surface area contributed by atoms with Crippen LogP contribution in [0.2, 0.25) is 0 Å². The zero-order chi connectivity index (χ0) is 15.4. The number of hydrogen-bond donors (Lipinski definition) is 1. The molecule has 2 rings (SSSR count). The summed E-state index contributed by atoms with van der Waals surface area (Å²) in [5.74, 6) is -1.49. The van der Waals surface area contributed by atoms with Crippen LogP contribution in [0.4, 0.5) is 15.8 Å². The number of furan rings is 1. The molecule has 0 bridgehead atoms. The van der Waals surface area contributed by atoms with E-state index in [4.69, 9.17) is 4.42 Å². The Bertz CT molecular complexity index is 683. The van der Waals surface area contributed by atoms with Crippen molar-refractivity contribution >= 4 is 17.3 Å². The molecule has 0 unspecified atom stereocenters. The summed E-state index contributed by atoms with van der Waals surface area (Å²) in [5.41, 5.74) is 0.245. The van der Waals surface area contributed by atoms with Gasteiger partial charge >= 0.3 is 11.7 Å². The van der Waals surface area contributed by atoms with E-state index < -0.39 is 22.4 Å². The molecule has 1 aromatic heterocycles. The van der Waals surface area contributed by atoms with Crippen LogP contribution in [0.3, 0.4) is 0 Å². The maximum absolute atomic E-state index is 13.2. The second-order valence-electron chi connectivity index (χ2n) is 4.04. The zero-order valence-corrected chi connectivity index (χ0v) is 11.0. The number of nitrogens with one attached hydrogen (secondary N) is 1. The van der Waals surface area contributed by atoms with Crippen LogP contribution in [0, 0.1) is 15.9 Å². The SMILES string of the molecule is COC(=O)c1occc1CNc1ccc(F)c([N+](=O)[O-])c1. The maximum Gasteiger partial charge on any atom is 0.374 e. The Balaban J connectivity index is 2.14. The molecule has 0 saturated carbocycles. The van der Waals surface area contributed by atoms with Gasteiger partial charge in [0.25, 0.3) is 0 Å². The van der Waals surface area contributed by atoms with Crippen molar-refractivity contribution < 1.29 is 23.3 Å². The van der Waals surface area contributed by atoms with Gasteiger partial charge in [-0.05, 0) is 18.2 Å². The first-order valence-electron chi connectivity index (χ1n) is 5.85. The summed E-state index contributed by atoms with van der Waals surface area (Å²) < 4.78 is 22.8. The first-order chi connectivity index (χ1) is 10.0. The molecule has 0 radical (unpaired) electrons. The lowest BCUT2D eigenvalue weighted by molar-refractivity contribution is -0.387. The molecule has 7 nitrogen and oxygen atoms in total. The Labute approximate surface area is 118 Å². The fourth-order valence-electron chi connectivity index (χ4n) is 1.71. The second-order valence-corrected chi connectivity index (χ2v) is 4.04. The summed E-state index contributed by atoms with van der Waals surface area (Å²) in [4.78, 5) is 21.3. The van der Waals surface area contributed by atoms with Crippen molar-refractivity contribution in [1.82, 2.24) is 0 Å². The number of carbonyl (C=O) groups excluding carboxylic acids is 1. The van der Waals surface area contributed by atoms with E-state index in [1.54, 1.807) is 6.07 Å². The highest BCUT2D eigenvalue weighted by molar-refractivity contribution is 5.87. The second kappa shape index (κ2) is 6.04. The van der Waals surface area contributed by atoms with Crippen molar-refractivity contribution in [2.24, 2.45) is 0 Å². The molecular weight excluding hydrogens is 283 g/mol. The quantitative estimate of drug-likeness (QED) is 0.517. The number of methoxy groups -OCH3 is 1. The Kier molecular flexibility index (Phi) is 4.17. The number of nitrogens with zero attached hydrogens (tertiary/aromatic N) is 1. The molecule has 2 aromatic rings. The number of carbonyl (C=O) groups is 1. The molecule has 0 aliphatic carbocycles. The number of benzene rings is 1. The van der Waals surface area contributed by atoms with Crippen LogP contribution in [-0.2, 0) is 11.3 Å². The van der Waals surface area contributed by atoms with Crippen LogP contribution in [0.25, 0.3) is 0 Å². The molecule has 0 fully saturated rings. The van der Waals surface area contributed by atoms with Crippen molar-refractivity contribution in [3.05, 3.63) is 57.8 Å². The molecule has 0 saturated heterocycles. The molecule has 1 aromatic carbocycles. The summed E-state index contributed by atoms with van der Waals surface area (Å²) in [5, 5.41) is 13.5. The third kappa shape index (κ3) is 3.16. The summed E-state index contributed by atoms with van der Waals surface area (Å²) in [7, 11) is 1.23. The predicted octanol–water partition coefficient (Wildman–Crippen LogP) is 2.73. The highest BCUT2D eigenvalue weighted by atomic mass is 19.1. The standard InChI is InChI=1S/C13H11FN2O5/c1-20-13(17)12-8(4-5-21-12)7-15-9-2-3-10(14)11(6-9)16(18)19/h2-6,15H,7H2,1H3. The Morgan fingerprint density at radius 1 is 1.48 bits per heavy atom. The van der Waals surface area contributed by atoms with E-state index in [9.17, 15) is 19.3 Å². The zero-order valence-electron chi connectivity index (χ0n) is 11.0. The van der Waals surface area contributed by atoms with Crippen molar-refractivity contribution in [2.45, 2.75) is 6.54 Å². The average Bonchev–Trinajstić information content (AvgIpc) is 2.93. The minimum absolute atomic E-state index is 0.0432. The Morgan fingerprint density at radius 3 is 2.90 bits per heavy atom. The van der Waals surface area contributed by atoms with Crippen molar-refractivity contribution in [3.8, 4) is 0 Å². The van der Waals surface area contributed by atoms with Gasteiger partial charge in [0.05, 0.1) is 18.3 Å². The lowest BCUT2D eigenvalue weighted by Crippen LogP contribution is -2.07. The van der Waals surface area contributed by atoms with Crippen LogP contribution in [0.1, 0.15) is 16.1 Å². The van der Waals surface area contributed by atoms with Crippen molar-refractivity contribution in [1.29, 1.82) is 0 Å². The number of esters is 1. The van der Waals surface area contributed by atoms with Crippen LogP contribution < -0.4 is 5.32 Å². The van der Waals surface area contributed by atoms with E-state index in [1.807, 2.05) is 0 Å². The minimum atomic E-state index is -0.913. The normalized spacial score (nSPS) is 10.2. The molecule has 0 aliphatic rings. The average molecular weight is 294 g/mol. The first kappa shape index (κ1) is 14.5. The minimum Gasteiger partial charge on any atom is -0.463 e. The monoisotopic (exact) mass is 294 g/mol. The van der Waals surface area contributed by atoms with E-state index in [2.05, 4.69) is 10.1 Å². The van der Waals surface area contributed by atoms with E-state index in [-0.39, 0.29) is 12.3 Å². The first-order valence-corrected chi connectivity index (χ1v) is 5.85. The molecule has 0 aliphatic heterocycles. The van der Waals surface area contributed by atoms with Gasteiger partial charge in [0, 0.05) is 23.9 Å². The molecule has 0 spiro atoms. The van der Waals surface area contributed by atoms with Crippen LogP contribution >= 0.6 is 0 Å². The number of ether oxygens (including phenoxy) is 1. The van der Waals surface area contributed by atoms with Gasteiger partial charge in [0.1, 0.15) is 0 Å². The molecule has 0 amide bonds. The Morgan fingerprint density at radius 2 is 2.24 bits per heavy atom. The van der Waals surface area contributed by atoms with E-state index in [0.717, 1.165) is 12.1 Å². The number of rotatable bonds is 5. The molecule has 21 heavy (non-hydrogen) atoms. The fourth-order valence-corrected chi connectivity index (χ4v) is 1.71. The molecule has 8 heteroatoms. The van der Waals surface area contributed by atoms with Crippen LogP contribution in [0.5, 0.6) is 0 Å². The third-order valence-corrected chi connectivity index (χ3v) is 2.74. The molecular formula is C13H11FN2O5. The number of nitro groups is 1. The summed E-state index contributed by atoms with van der Waals surface area (Å²) in [6.45, 7) is 0.170. The van der Waals surface area contributed by atoms with E-state index in [1.165, 1.54) is 19.4 Å². The van der Waals surface area contributed by atoms with Gasteiger partial charge < -0.3 is 14.5 Å².